The van der Waals surface area contributed by atoms with Gasteiger partial charge < -0.3 is 10.1 Å². The Morgan fingerprint density at radius 2 is 2.18 bits per heavy atom. The Balaban J connectivity index is 2.00. The van der Waals surface area contributed by atoms with Crippen molar-refractivity contribution in [2.75, 3.05) is 6.54 Å². The molecule has 1 heterocycles. The fourth-order valence-corrected chi connectivity index (χ4v) is 1.75. The highest BCUT2D eigenvalue weighted by atomic mass is 16.6. The second-order valence-corrected chi connectivity index (χ2v) is 5.66. The molecule has 2 aromatic rings. The third kappa shape index (κ3) is 4.35. The van der Waals surface area contributed by atoms with Crippen LogP contribution in [0.1, 0.15) is 26.3 Å². The van der Waals surface area contributed by atoms with E-state index in [9.17, 15) is 9.59 Å². The number of H-pyrrole nitrogens is 1. The van der Waals surface area contributed by atoms with Crippen LogP contribution in [-0.4, -0.2) is 28.4 Å². The highest BCUT2D eigenvalue weighted by molar-refractivity contribution is 5.81. The van der Waals surface area contributed by atoms with Crippen molar-refractivity contribution in [3.05, 3.63) is 40.3 Å². The molecule has 0 bridgehead atoms. The number of carbonyl (C=O) groups excluding carboxylic acids is 1. The topological polar surface area (TPSA) is 84.1 Å². The Labute approximate surface area is 127 Å². The molecule has 0 fully saturated rings. The standard InChI is InChI=1S/C16H17N3O3/c1-16(2,3)22-15(21)17-8-4-5-11-6-7-13-12(9-11)10-18-19-14(13)20/h6-7,9-10H,8H2,1-3H3,(H,17,21)(H,19,20). The Morgan fingerprint density at radius 3 is 2.91 bits per heavy atom. The Bertz CT molecular complexity index is 807. The van der Waals surface area contributed by atoms with Crippen molar-refractivity contribution >= 4 is 16.9 Å². The number of aromatic nitrogens is 2. The van der Waals surface area contributed by atoms with Gasteiger partial charge in [-0.15, -0.1) is 0 Å². The first-order valence-corrected chi connectivity index (χ1v) is 6.78. The number of hydrogen-bond donors (Lipinski definition) is 2. The van der Waals surface area contributed by atoms with Gasteiger partial charge in [0.1, 0.15) is 5.60 Å². The Kier molecular flexibility index (Phi) is 4.47. The summed E-state index contributed by atoms with van der Waals surface area (Å²) in [6, 6.07) is 5.22. The number of amides is 1. The number of aromatic amines is 1. The van der Waals surface area contributed by atoms with E-state index in [-0.39, 0.29) is 12.1 Å². The average Bonchev–Trinajstić information content (AvgIpc) is 2.42. The summed E-state index contributed by atoms with van der Waals surface area (Å²) in [5.41, 5.74) is -0.0230. The van der Waals surface area contributed by atoms with Gasteiger partial charge in [-0.2, -0.15) is 5.10 Å². The van der Waals surface area contributed by atoms with Crippen LogP contribution in [0.4, 0.5) is 4.79 Å². The molecule has 22 heavy (non-hydrogen) atoms. The summed E-state index contributed by atoms with van der Waals surface area (Å²) in [5.74, 6) is 5.74. The smallest absolute Gasteiger partial charge is 0.408 e. The second-order valence-electron chi connectivity index (χ2n) is 5.66. The van der Waals surface area contributed by atoms with E-state index in [0.717, 1.165) is 10.9 Å². The first kappa shape index (κ1) is 15.6. The van der Waals surface area contributed by atoms with Crippen LogP contribution in [0.5, 0.6) is 0 Å². The molecular weight excluding hydrogens is 282 g/mol. The molecule has 1 aromatic heterocycles. The van der Waals surface area contributed by atoms with E-state index in [1.165, 1.54) is 0 Å². The minimum atomic E-state index is -0.532. The van der Waals surface area contributed by atoms with E-state index in [1.54, 1.807) is 45.2 Å². The van der Waals surface area contributed by atoms with Gasteiger partial charge in [-0.3, -0.25) is 4.79 Å². The van der Waals surface area contributed by atoms with E-state index < -0.39 is 11.7 Å². The lowest BCUT2D eigenvalue weighted by Crippen LogP contribution is -2.32. The lowest BCUT2D eigenvalue weighted by Gasteiger charge is -2.18. The van der Waals surface area contributed by atoms with Crippen LogP contribution < -0.4 is 10.9 Å². The number of carbonyl (C=O) groups is 1. The summed E-state index contributed by atoms with van der Waals surface area (Å²) < 4.78 is 5.10. The van der Waals surface area contributed by atoms with Crippen LogP contribution in [0.2, 0.25) is 0 Å². The van der Waals surface area contributed by atoms with Gasteiger partial charge in [-0.1, -0.05) is 11.8 Å². The molecule has 6 nitrogen and oxygen atoms in total. The lowest BCUT2D eigenvalue weighted by atomic mass is 10.1. The molecule has 0 aliphatic rings. The van der Waals surface area contributed by atoms with E-state index in [2.05, 4.69) is 27.4 Å². The number of alkyl carbamates (subject to hydrolysis) is 1. The van der Waals surface area contributed by atoms with Crippen molar-refractivity contribution in [3.8, 4) is 11.8 Å². The van der Waals surface area contributed by atoms with Crippen molar-refractivity contribution in [2.45, 2.75) is 26.4 Å². The first-order chi connectivity index (χ1) is 10.3. The second kappa shape index (κ2) is 6.31. The van der Waals surface area contributed by atoms with E-state index in [1.807, 2.05) is 0 Å². The molecule has 0 aliphatic carbocycles. The highest BCUT2D eigenvalue weighted by Gasteiger charge is 2.14. The lowest BCUT2D eigenvalue weighted by molar-refractivity contribution is 0.0535. The van der Waals surface area contributed by atoms with Gasteiger partial charge in [0, 0.05) is 10.9 Å². The maximum atomic E-state index is 11.5. The van der Waals surface area contributed by atoms with E-state index in [4.69, 9.17) is 4.74 Å². The molecule has 0 saturated carbocycles. The molecule has 114 valence electrons. The fraction of sp³-hybridized carbons (Fsp3) is 0.312. The van der Waals surface area contributed by atoms with Gasteiger partial charge in [0.15, 0.2) is 0 Å². The molecule has 1 amide bonds. The molecule has 0 unspecified atom stereocenters. The molecule has 0 atom stereocenters. The largest absolute Gasteiger partial charge is 0.444 e. The maximum Gasteiger partial charge on any atom is 0.408 e. The number of nitrogens with one attached hydrogen (secondary N) is 2. The number of benzene rings is 1. The van der Waals surface area contributed by atoms with Gasteiger partial charge in [-0.25, -0.2) is 9.89 Å². The zero-order valence-corrected chi connectivity index (χ0v) is 12.7. The quantitative estimate of drug-likeness (QED) is 0.786. The first-order valence-electron chi connectivity index (χ1n) is 6.78. The van der Waals surface area contributed by atoms with Crippen LogP contribution in [0, 0.1) is 11.8 Å². The van der Waals surface area contributed by atoms with Crippen molar-refractivity contribution in [1.82, 2.24) is 15.5 Å². The third-order valence-corrected chi connectivity index (χ3v) is 2.62. The normalized spacial score (nSPS) is 10.7. The minimum Gasteiger partial charge on any atom is -0.444 e. The van der Waals surface area contributed by atoms with E-state index >= 15 is 0 Å². The molecule has 2 N–H and O–H groups in total. The number of hydrogen-bond acceptors (Lipinski definition) is 4. The molecule has 0 saturated heterocycles. The summed E-state index contributed by atoms with van der Waals surface area (Å²) in [4.78, 5) is 23.0. The van der Waals surface area contributed by atoms with Gasteiger partial charge in [0.25, 0.3) is 5.56 Å². The monoisotopic (exact) mass is 299 g/mol. The van der Waals surface area contributed by atoms with Crippen LogP contribution in [0.15, 0.2) is 29.2 Å². The minimum absolute atomic E-state index is 0.181. The van der Waals surface area contributed by atoms with E-state index in [0.29, 0.717) is 5.39 Å². The predicted molar refractivity (Wildman–Crippen MR) is 83.5 cm³/mol. The van der Waals surface area contributed by atoms with Crippen LogP contribution in [-0.2, 0) is 4.74 Å². The Hall–Kier alpha value is -2.81. The van der Waals surface area contributed by atoms with Crippen LogP contribution in [0.3, 0.4) is 0 Å². The number of fused-ring (bicyclic) bond motifs is 1. The van der Waals surface area contributed by atoms with Crippen molar-refractivity contribution in [2.24, 2.45) is 0 Å². The van der Waals surface area contributed by atoms with Gasteiger partial charge in [-0.05, 0) is 39.0 Å². The molecule has 0 aliphatic heterocycles. The Morgan fingerprint density at radius 1 is 1.41 bits per heavy atom. The fourth-order valence-electron chi connectivity index (χ4n) is 1.75. The molecule has 1 aromatic carbocycles. The van der Waals surface area contributed by atoms with Gasteiger partial charge in [0.2, 0.25) is 0 Å². The zero-order valence-electron chi connectivity index (χ0n) is 12.7. The third-order valence-electron chi connectivity index (χ3n) is 2.62. The SMILES string of the molecule is CC(C)(C)OC(=O)NCC#Cc1ccc2c(=O)[nH]ncc2c1. The van der Waals surface area contributed by atoms with Crippen molar-refractivity contribution in [3.63, 3.8) is 0 Å². The molecule has 0 radical (unpaired) electrons. The summed E-state index contributed by atoms with van der Waals surface area (Å²) in [5, 5.41) is 9.96. The summed E-state index contributed by atoms with van der Waals surface area (Å²) in [6.07, 6.45) is 1.07. The summed E-state index contributed by atoms with van der Waals surface area (Å²) in [7, 11) is 0. The summed E-state index contributed by atoms with van der Waals surface area (Å²) in [6.45, 7) is 5.57. The van der Waals surface area contributed by atoms with Gasteiger partial charge >= 0.3 is 6.09 Å². The predicted octanol–water partition coefficient (Wildman–Crippen LogP) is 1.80. The van der Waals surface area contributed by atoms with Crippen molar-refractivity contribution < 1.29 is 9.53 Å². The molecular formula is C16H17N3O3. The number of rotatable bonds is 1. The van der Waals surface area contributed by atoms with Crippen LogP contribution >= 0.6 is 0 Å². The van der Waals surface area contributed by atoms with Crippen LogP contribution in [0.25, 0.3) is 10.8 Å². The number of nitrogens with zero attached hydrogens (tertiary/aromatic N) is 1. The van der Waals surface area contributed by atoms with Gasteiger partial charge in [0.05, 0.1) is 18.1 Å². The summed E-state index contributed by atoms with van der Waals surface area (Å²) >= 11 is 0. The average molecular weight is 299 g/mol. The molecule has 0 spiro atoms. The molecule has 6 heteroatoms. The number of ether oxygens (including phenoxy) is 1. The zero-order chi connectivity index (χ0) is 16.2. The van der Waals surface area contributed by atoms with Crippen molar-refractivity contribution in [1.29, 1.82) is 0 Å². The maximum absolute atomic E-state index is 11.5. The molecule has 2 rings (SSSR count). The highest BCUT2D eigenvalue weighted by Crippen LogP contribution is 2.09.